The monoisotopic (exact) mass is 318 g/mol. The average Bonchev–Trinajstić information content (AvgIpc) is 3.18. The molecule has 1 heterocycles. The van der Waals surface area contributed by atoms with Gasteiger partial charge in [-0.25, -0.2) is 8.42 Å². The molecule has 7 heteroatoms. The Kier molecular flexibility index (Phi) is 6.01. The fraction of sp³-hybridized carbons (Fsp3) is 0.929. The van der Waals surface area contributed by atoms with Crippen molar-refractivity contribution in [2.75, 3.05) is 44.9 Å². The van der Waals surface area contributed by atoms with E-state index < -0.39 is 9.84 Å². The van der Waals surface area contributed by atoms with Crippen molar-refractivity contribution in [3.8, 4) is 0 Å². The quantitative estimate of drug-likeness (QED) is 0.608. The third kappa shape index (κ3) is 5.56. The summed E-state index contributed by atoms with van der Waals surface area (Å²) in [4.78, 5) is 14.1. The highest BCUT2D eigenvalue weighted by molar-refractivity contribution is 7.91. The van der Waals surface area contributed by atoms with Gasteiger partial charge in [0.15, 0.2) is 9.84 Å². The van der Waals surface area contributed by atoms with E-state index in [4.69, 9.17) is 4.74 Å². The fourth-order valence-corrected chi connectivity index (χ4v) is 4.45. The van der Waals surface area contributed by atoms with Gasteiger partial charge in [-0.05, 0) is 38.1 Å². The van der Waals surface area contributed by atoms with E-state index in [9.17, 15) is 13.2 Å². The van der Waals surface area contributed by atoms with Gasteiger partial charge in [0.2, 0.25) is 5.91 Å². The number of nitrogens with one attached hydrogen (secondary N) is 1. The zero-order valence-electron chi connectivity index (χ0n) is 12.7. The summed E-state index contributed by atoms with van der Waals surface area (Å²) in [6.45, 7) is 2.34. The second kappa shape index (κ2) is 7.56. The lowest BCUT2D eigenvalue weighted by Crippen LogP contribution is -2.46. The molecule has 0 spiro atoms. The van der Waals surface area contributed by atoms with E-state index >= 15 is 0 Å². The first kappa shape index (κ1) is 16.7. The first-order valence-corrected chi connectivity index (χ1v) is 9.53. The molecule has 2 rings (SSSR count). The second-order valence-electron chi connectivity index (χ2n) is 6.06. The van der Waals surface area contributed by atoms with Crippen molar-refractivity contribution in [1.29, 1.82) is 0 Å². The van der Waals surface area contributed by atoms with Crippen molar-refractivity contribution >= 4 is 15.7 Å². The summed E-state index contributed by atoms with van der Waals surface area (Å²) in [7, 11) is -1.35. The lowest BCUT2D eigenvalue weighted by Gasteiger charge is -2.28. The first-order valence-electron chi connectivity index (χ1n) is 7.71. The Labute approximate surface area is 127 Å². The van der Waals surface area contributed by atoms with Crippen LogP contribution in [0.15, 0.2) is 0 Å². The van der Waals surface area contributed by atoms with Crippen LogP contribution in [0.4, 0.5) is 0 Å². The Morgan fingerprint density at radius 1 is 1.33 bits per heavy atom. The minimum atomic E-state index is -2.97. The number of ether oxygens (including phenoxy) is 1. The number of nitrogens with zero attached hydrogens (tertiary/aromatic N) is 1. The zero-order chi connectivity index (χ0) is 15.3. The molecule has 122 valence electrons. The largest absolute Gasteiger partial charge is 0.385 e. The van der Waals surface area contributed by atoms with Crippen molar-refractivity contribution < 1.29 is 17.9 Å². The molecule has 6 nitrogen and oxygen atoms in total. The number of hydrogen-bond acceptors (Lipinski definition) is 5. The Morgan fingerprint density at radius 3 is 2.67 bits per heavy atom. The standard InChI is InChI=1S/C14H26N2O4S/c1-20-7-2-6-16(13-5-8-21(18,19)11-13)14(17)10-15-9-12-3-4-12/h12-13,15H,2-11H2,1H3. The van der Waals surface area contributed by atoms with Crippen LogP contribution >= 0.6 is 0 Å². The Bertz CT molecular complexity index is 448. The van der Waals surface area contributed by atoms with E-state index in [1.54, 1.807) is 12.0 Å². The lowest BCUT2D eigenvalue weighted by atomic mass is 10.2. The molecule has 1 aliphatic carbocycles. The Balaban J connectivity index is 1.85. The molecule has 0 aromatic heterocycles. The summed E-state index contributed by atoms with van der Waals surface area (Å²) in [5, 5.41) is 3.19. The smallest absolute Gasteiger partial charge is 0.236 e. The molecule has 1 saturated heterocycles. The van der Waals surface area contributed by atoms with Crippen LogP contribution in [-0.4, -0.2) is 70.1 Å². The van der Waals surface area contributed by atoms with Gasteiger partial charge < -0.3 is 15.0 Å². The Hall–Kier alpha value is -0.660. The van der Waals surface area contributed by atoms with E-state index in [2.05, 4.69) is 5.32 Å². The predicted octanol–water partition coefficient (Wildman–Crippen LogP) is 0.0382. The van der Waals surface area contributed by atoms with Crippen molar-refractivity contribution in [2.45, 2.75) is 31.7 Å². The van der Waals surface area contributed by atoms with Crippen LogP contribution < -0.4 is 5.32 Å². The number of carbonyl (C=O) groups is 1. The van der Waals surface area contributed by atoms with Gasteiger partial charge in [0.1, 0.15) is 0 Å². The summed E-state index contributed by atoms with van der Waals surface area (Å²) in [6.07, 6.45) is 3.80. The van der Waals surface area contributed by atoms with Crippen molar-refractivity contribution in [2.24, 2.45) is 5.92 Å². The van der Waals surface area contributed by atoms with Crippen LogP contribution in [0, 0.1) is 5.92 Å². The maximum atomic E-state index is 12.4. The summed E-state index contributed by atoms with van der Waals surface area (Å²) >= 11 is 0. The van der Waals surface area contributed by atoms with Crippen LogP contribution in [0.25, 0.3) is 0 Å². The Morgan fingerprint density at radius 2 is 2.10 bits per heavy atom. The van der Waals surface area contributed by atoms with Gasteiger partial charge in [-0.2, -0.15) is 0 Å². The summed E-state index contributed by atoms with van der Waals surface area (Å²) < 4.78 is 28.3. The number of rotatable bonds is 9. The number of amides is 1. The molecule has 0 aromatic carbocycles. The number of methoxy groups -OCH3 is 1. The third-order valence-electron chi connectivity index (χ3n) is 4.12. The van der Waals surface area contributed by atoms with Crippen LogP contribution in [0.3, 0.4) is 0 Å². The third-order valence-corrected chi connectivity index (χ3v) is 5.87. The van der Waals surface area contributed by atoms with E-state index in [1.807, 2.05) is 0 Å². The highest BCUT2D eigenvalue weighted by atomic mass is 32.2. The summed E-state index contributed by atoms with van der Waals surface area (Å²) in [6, 6.07) is -0.165. The number of carbonyl (C=O) groups excluding carboxylic acids is 1. The molecule has 0 radical (unpaired) electrons. The van der Waals surface area contributed by atoms with Gasteiger partial charge in [-0.15, -0.1) is 0 Å². The molecule has 21 heavy (non-hydrogen) atoms. The minimum Gasteiger partial charge on any atom is -0.385 e. The highest BCUT2D eigenvalue weighted by Gasteiger charge is 2.34. The second-order valence-corrected chi connectivity index (χ2v) is 8.29. The molecule has 0 aromatic rings. The maximum absolute atomic E-state index is 12.4. The van der Waals surface area contributed by atoms with Gasteiger partial charge in [0.05, 0.1) is 18.1 Å². The minimum absolute atomic E-state index is 0.00820. The first-order chi connectivity index (χ1) is 10.0. The molecule has 1 saturated carbocycles. The molecule has 1 unspecified atom stereocenters. The van der Waals surface area contributed by atoms with Gasteiger partial charge in [-0.3, -0.25) is 4.79 Å². The topological polar surface area (TPSA) is 75.7 Å². The molecule has 0 bridgehead atoms. The van der Waals surface area contributed by atoms with Crippen LogP contribution in [0.2, 0.25) is 0 Å². The summed E-state index contributed by atoms with van der Waals surface area (Å²) in [5.41, 5.74) is 0. The molecule has 1 atom stereocenters. The molecule has 1 N–H and O–H groups in total. The molecule has 1 aliphatic heterocycles. The predicted molar refractivity (Wildman–Crippen MR) is 80.9 cm³/mol. The van der Waals surface area contributed by atoms with Crippen LogP contribution in [0.1, 0.15) is 25.7 Å². The van der Waals surface area contributed by atoms with Gasteiger partial charge in [0.25, 0.3) is 0 Å². The van der Waals surface area contributed by atoms with Gasteiger partial charge >= 0.3 is 0 Å². The van der Waals surface area contributed by atoms with E-state index in [-0.39, 0.29) is 23.5 Å². The van der Waals surface area contributed by atoms with Crippen molar-refractivity contribution in [3.63, 3.8) is 0 Å². The highest BCUT2D eigenvalue weighted by Crippen LogP contribution is 2.27. The average molecular weight is 318 g/mol. The van der Waals surface area contributed by atoms with E-state index in [0.717, 1.165) is 18.9 Å². The van der Waals surface area contributed by atoms with Crippen molar-refractivity contribution in [3.05, 3.63) is 0 Å². The van der Waals surface area contributed by atoms with Gasteiger partial charge in [0, 0.05) is 26.3 Å². The molecular formula is C14H26N2O4S. The number of hydrogen-bond donors (Lipinski definition) is 1. The molecular weight excluding hydrogens is 292 g/mol. The summed E-state index contributed by atoms with van der Waals surface area (Å²) in [5.74, 6) is 1.04. The van der Waals surface area contributed by atoms with E-state index in [0.29, 0.717) is 26.1 Å². The molecule has 2 fully saturated rings. The zero-order valence-corrected chi connectivity index (χ0v) is 13.5. The maximum Gasteiger partial charge on any atom is 0.236 e. The van der Waals surface area contributed by atoms with Crippen molar-refractivity contribution in [1.82, 2.24) is 10.2 Å². The van der Waals surface area contributed by atoms with Crippen LogP contribution in [0.5, 0.6) is 0 Å². The molecule has 1 amide bonds. The van der Waals surface area contributed by atoms with Gasteiger partial charge in [-0.1, -0.05) is 0 Å². The van der Waals surface area contributed by atoms with Crippen LogP contribution in [-0.2, 0) is 19.4 Å². The lowest BCUT2D eigenvalue weighted by molar-refractivity contribution is -0.132. The molecule has 2 aliphatic rings. The number of sulfone groups is 1. The van der Waals surface area contributed by atoms with E-state index in [1.165, 1.54) is 12.8 Å². The normalized spacial score (nSPS) is 24.1. The SMILES string of the molecule is COCCCN(C(=O)CNCC1CC1)C1CCS(=O)(=O)C1. The fourth-order valence-electron chi connectivity index (χ4n) is 2.72.